The molecule has 0 atom stereocenters. The van der Waals surface area contributed by atoms with Gasteiger partial charge in [-0.15, -0.1) is 0 Å². The Balaban J connectivity index is 1.64. The van der Waals surface area contributed by atoms with Crippen molar-refractivity contribution in [1.82, 2.24) is 5.32 Å². The van der Waals surface area contributed by atoms with Gasteiger partial charge in [0.05, 0.1) is 12.5 Å². The number of amides is 1. The number of rotatable bonds is 6. The van der Waals surface area contributed by atoms with Crippen LogP contribution in [0.2, 0.25) is 0 Å². The molecule has 0 saturated heterocycles. The summed E-state index contributed by atoms with van der Waals surface area (Å²) < 4.78 is 6.52. The molecular formula is C16H20BrNO4. The van der Waals surface area contributed by atoms with Crippen LogP contribution in [0.3, 0.4) is 0 Å². The van der Waals surface area contributed by atoms with E-state index >= 15 is 0 Å². The lowest BCUT2D eigenvalue weighted by Gasteiger charge is -2.25. The number of carbonyl (C=O) groups is 2. The molecule has 2 rings (SSSR count). The SMILES string of the molecule is O=C(O)C1CCC(C(=O)NCCOc2ccc(Br)cc2)CC1. The molecule has 0 unspecified atom stereocenters. The number of hydrogen-bond acceptors (Lipinski definition) is 3. The predicted molar refractivity (Wildman–Crippen MR) is 85.7 cm³/mol. The van der Waals surface area contributed by atoms with Crippen molar-refractivity contribution in [2.45, 2.75) is 25.7 Å². The average molecular weight is 370 g/mol. The number of ether oxygens (including phenoxy) is 1. The first-order chi connectivity index (χ1) is 10.6. The van der Waals surface area contributed by atoms with Gasteiger partial charge in [0, 0.05) is 10.4 Å². The van der Waals surface area contributed by atoms with Crippen LogP contribution in [0.5, 0.6) is 5.75 Å². The fraction of sp³-hybridized carbons (Fsp3) is 0.500. The lowest BCUT2D eigenvalue weighted by atomic mass is 9.81. The first kappa shape index (κ1) is 16.8. The summed E-state index contributed by atoms with van der Waals surface area (Å²) in [7, 11) is 0. The molecule has 0 bridgehead atoms. The lowest BCUT2D eigenvalue weighted by Crippen LogP contribution is -2.36. The number of carboxylic acids is 1. The van der Waals surface area contributed by atoms with E-state index in [0.29, 0.717) is 38.8 Å². The Hall–Kier alpha value is -1.56. The van der Waals surface area contributed by atoms with E-state index < -0.39 is 5.97 Å². The molecule has 0 radical (unpaired) electrons. The van der Waals surface area contributed by atoms with Crippen LogP contribution in [0.15, 0.2) is 28.7 Å². The minimum atomic E-state index is -0.748. The van der Waals surface area contributed by atoms with Gasteiger partial charge in [-0.05, 0) is 49.9 Å². The maximum absolute atomic E-state index is 12.0. The molecule has 120 valence electrons. The van der Waals surface area contributed by atoms with Crippen LogP contribution in [0.1, 0.15) is 25.7 Å². The second-order valence-corrected chi connectivity index (χ2v) is 6.40. The largest absolute Gasteiger partial charge is 0.492 e. The monoisotopic (exact) mass is 369 g/mol. The third-order valence-corrected chi connectivity index (χ3v) is 4.46. The fourth-order valence-electron chi connectivity index (χ4n) is 2.62. The molecule has 1 aromatic carbocycles. The molecule has 1 aliphatic rings. The van der Waals surface area contributed by atoms with Gasteiger partial charge in [-0.1, -0.05) is 15.9 Å². The van der Waals surface area contributed by atoms with Gasteiger partial charge in [0.2, 0.25) is 5.91 Å². The Kier molecular flexibility index (Phi) is 6.24. The zero-order valence-corrected chi connectivity index (χ0v) is 13.8. The van der Waals surface area contributed by atoms with Crippen molar-refractivity contribution in [1.29, 1.82) is 0 Å². The molecule has 1 saturated carbocycles. The summed E-state index contributed by atoms with van der Waals surface area (Å²) in [4.78, 5) is 22.9. The summed E-state index contributed by atoms with van der Waals surface area (Å²) in [5.74, 6) is -0.336. The van der Waals surface area contributed by atoms with Gasteiger partial charge >= 0.3 is 5.97 Å². The van der Waals surface area contributed by atoms with Gasteiger partial charge < -0.3 is 15.2 Å². The van der Waals surface area contributed by atoms with E-state index in [1.54, 1.807) is 0 Å². The number of hydrogen-bond donors (Lipinski definition) is 2. The second kappa shape index (κ2) is 8.17. The fourth-order valence-corrected chi connectivity index (χ4v) is 2.89. The van der Waals surface area contributed by atoms with E-state index in [1.807, 2.05) is 24.3 Å². The highest BCUT2D eigenvalue weighted by atomic mass is 79.9. The number of nitrogens with one attached hydrogen (secondary N) is 1. The van der Waals surface area contributed by atoms with Crippen LogP contribution in [-0.4, -0.2) is 30.1 Å². The second-order valence-electron chi connectivity index (χ2n) is 5.48. The number of carbonyl (C=O) groups excluding carboxylic acids is 1. The van der Waals surface area contributed by atoms with Crippen molar-refractivity contribution < 1.29 is 19.4 Å². The van der Waals surface area contributed by atoms with E-state index in [2.05, 4.69) is 21.2 Å². The molecular weight excluding hydrogens is 350 g/mol. The van der Waals surface area contributed by atoms with Crippen LogP contribution in [0, 0.1) is 11.8 Å². The average Bonchev–Trinajstić information content (AvgIpc) is 2.53. The van der Waals surface area contributed by atoms with Crippen LogP contribution in [0.25, 0.3) is 0 Å². The molecule has 0 aliphatic heterocycles. The highest BCUT2D eigenvalue weighted by molar-refractivity contribution is 9.10. The maximum atomic E-state index is 12.0. The summed E-state index contributed by atoms with van der Waals surface area (Å²) in [5.41, 5.74) is 0. The lowest BCUT2D eigenvalue weighted by molar-refractivity contribution is -0.144. The summed E-state index contributed by atoms with van der Waals surface area (Å²) in [6, 6.07) is 7.52. The van der Waals surface area contributed by atoms with Crippen molar-refractivity contribution in [3.63, 3.8) is 0 Å². The first-order valence-electron chi connectivity index (χ1n) is 7.45. The number of halogens is 1. The van der Waals surface area contributed by atoms with Crippen LogP contribution in [-0.2, 0) is 9.59 Å². The highest BCUT2D eigenvalue weighted by Gasteiger charge is 2.29. The minimum Gasteiger partial charge on any atom is -0.492 e. The molecule has 22 heavy (non-hydrogen) atoms. The quantitative estimate of drug-likeness (QED) is 0.756. The Morgan fingerprint density at radius 3 is 2.32 bits per heavy atom. The van der Waals surface area contributed by atoms with E-state index in [4.69, 9.17) is 9.84 Å². The molecule has 5 nitrogen and oxygen atoms in total. The summed E-state index contributed by atoms with van der Waals surface area (Å²) in [6.45, 7) is 0.867. The van der Waals surface area contributed by atoms with Gasteiger partial charge in [0.25, 0.3) is 0 Å². The van der Waals surface area contributed by atoms with E-state index in [1.165, 1.54) is 0 Å². The van der Waals surface area contributed by atoms with Crippen LogP contribution < -0.4 is 10.1 Å². The molecule has 0 spiro atoms. The first-order valence-corrected chi connectivity index (χ1v) is 8.24. The van der Waals surface area contributed by atoms with Crippen molar-refractivity contribution in [3.8, 4) is 5.75 Å². The third-order valence-electron chi connectivity index (χ3n) is 3.93. The molecule has 1 fully saturated rings. The van der Waals surface area contributed by atoms with Crippen molar-refractivity contribution in [2.75, 3.05) is 13.2 Å². The minimum absolute atomic E-state index is 0.00300. The van der Waals surface area contributed by atoms with Gasteiger partial charge in [0.1, 0.15) is 12.4 Å². The molecule has 1 amide bonds. The van der Waals surface area contributed by atoms with Gasteiger partial charge in [-0.25, -0.2) is 0 Å². The Labute approximate surface area is 138 Å². The zero-order valence-electron chi connectivity index (χ0n) is 12.3. The van der Waals surface area contributed by atoms with Crippen LogP contribution in [0.4, 0.5) is 0 Å². The molecule has 6 heteroatoms. The van der Waals surface area contributed by atoms with Crippen molar-refractivity contribution >= 4 is 27.8 Å². The predicted octanol–water partition coefficient (Wildman–Crippen LogP) is 2.84. The van der Waals surface area contributed by atoms with Crippen molar-refractivity contribution in [3.05, 3.63) is 28.7 Å². The van der Waals surface area contributed by atoms with Crippen LogP contribution >= 0.6 is 15.9 Å². The molecule has 2 N–H and O–H groups in total. The summed E-state index contributed by atoms with van der Waals surface area (Å²) >= 11 is 3.35. The van der Waals surface area contributed by atoms with E-state index in [9.17, 15) is 9.59 Å². The molecule has 1 aromatic rings. The Morgan fingerprint density at radius 2 is 1.73 bits per heavy atom. The van der Waals surface area contributed by atoms with Gasteiger partial charge in [-0.2, -0.15) is 0 Å². The molecule has 0 aromatic heterocycles. The summed E-state index contributed by atoms with van der Waals surface area (Å²) in [5, 5.41) is 11.8. The van der Waals surface area contributed by atoms with E-state index in [-0.39, 0.29) is 17.7 Å². The normalized spacial score (nSPS) is 21.1. The molecule has 0 heterocycles. The van der Waals surface area contributed by atoms with Gasteiger partial charge in [-0.3, -0.25) is 9.59 Å². The Morgan fingerprint density at radius 1 is 1.14 bits per heavy atom. The highest BCUT2D eigenvalue weighted by Crippen LogP contribution is 2.28. The number of benzene rings is 1. The van der Waals surface area contributed by atoms with Crippen molar-refractivity contribution in [2.24, 2.45) is 11.8 Å². The Bertz CT molecular complexity index is 509. The summed E-state index contributed by atoms with van der Waals surface area (Å²) in [6.07, 6.45) is 2.47. The molecule has 1 aliphatic carbocycles. The van der Waals surface area contributed by atoms with Gasteiger partial charge in [0.15, 0.2) is 0 Å². The topological polar surface area (TPSA) is 75.6 Å². The standard InChI is InChI=1S/C16H20BrNO4/c17-13-5-7-14(8-6-13)22-10-9-18-15(19)11-1-3-12(4-2-11)16(20)21/h5-8,11-12H,1-4,9-10H2,(H,18,19)(H,20,21). The smallest absolute Gasteiger partial charge is 0.306 e. The number of carboxylic acid groups (broad SMARTS) is 1. The maximum Gasteiger partial charge on any atom is 0.306 e. The third kappa shape index (κ3) is 5.02. The van der Waals surface area contributed by atoms with E-state index in [0.717, 1.165) is 10.2 Å². The zero-order chi connectivity index (χ0) is 15.9. The number of aliphatic carboxylic acids is 1.